The molecule has 1 aliphatic heterocycles. The molecule has 0 unspecified atom stereocenters. The van der Waals surface area contributed by atoms with Crippen molar-refractivity contribution in [2.24, 2.45) is 5.41 Å². The summed E-state index contributed by atoms with van der Waals surface area (Å²) < 4.78 is 5.65. The first-order chi connectivity index (χ1) is 13.7. The van der Waals surface area contributed by atoms with Gasteiger partial charge >= 0.3 is 5.97 Å². The Balaban J connectivity index is 2.04. The minimum Gasteiger partial charge on any atom is -0.462 e. The predicted octanol–water partition coefficient (Wildman–Crippen LogP) is 5.68. The van der Waals surface area contributed by atoms with Gasteiger partial charge in [0.15, 0.2) is 0 Å². The van der Waals surface area contributed by atoms with Gasteiger partial charge in [0.05, 0.1) is 12.2 Å². The molecule has 0 bridgehead atoms. The molecular weight excluding hydrogens is 386 g/mol. The summed E-state index contributed by atoms with van der Waals surface area (Å²) in [4.78, 5) is 25.5. The molecule has 0 saturated heterocycles. The highest BCUT2D eigenvalue weighted by Gasteiger charge is 2.44. The molecule has 1 aromatic rings. The fourth-order valence-corrected chi connectivity index (χ4v) is 4.66. The second kappa shape index (κ2) is 8.74. The number of halogens is 1. The molecule has 1 atom stereocenters. The van der Waals surface area contributed by atoms with Crippen molar-refractivity contribution in [1.82, 2.24) is 5.32 Å². The van der Waals surface area contributed by atoms with Gasteiger partial charge in [-0.05, 0) is 42.0 Å². The number of unbranched alkanes of at least 4 members (excludes halogenated alkanes) is 2. The van der Waals surface area contributed by atoms with Crippen LogP contribution in [-0.4, -0.2) is 18.4 Å². The Hall–Kier alpha value is -2.07. The summed E-state index contributed by atoms with van der Waals surface area (Å²) in [7, 11) is 0. The third-order valence-electron chi connectivity index (χ3n) is 5.79. The van der Waals surface area contributed by atoms with Crippen LogP contribution in [-0.2, 0) is 14.3 Å². The molecule has 4 nitrogen and oxygen atoms in total. The SMILES string of the molecule is CCCCCOC(=O)C1=C(C)NC2=C([C@@H]1c1ccc(Cl)cc1)C(C)(C)CC(=O)C2. The summed E-state index contributed by atoms with van der Waals surface area (Å²) in [5, 5.41) is 4.01. The normalized spacial score (nSPS) is 21.0. The summed E-state index contributed by atoms with van der Waals surface area (Å²) in [6, 6.07) is 7.62. The number of ether oxygens (including phenoxy) is 1. The van der Waals surface area contributed by atoms with E-state index in [1.165, 1.54) is 0 Å². The van der Waals surface area contributed by atoms with Gasteiger partial charge in [-0.15, -0.1) is 0 Å². The first-order valence-corrected chi connectivity index (χ1v) is 10.8. The van der Waals surface area contributed by atoms with Crippen LogP contribution in [0.2, 0.25) is 5.02 Å². The fourth-order valence-electron chi connectivity index (χ4n) is 4.54. The number of Topliss-reactive ketones (excluding diaryl/α,β-unsaturated/α-hetero) is 1. The second-order valence-electron chi connectivity index (χ2n) is 8.66. The lowest BCUT2D eigenvalue weighted by Gasteiger charge is -2.43. The van der Waals surface area contributed by atoms with E-state index in [-0.39, 0.29) is 23.1 Å². The Labute approximate surface area is 178 Å². The highest BCUT2D eigenvalue weighted by atomic mass is 35.5. The number of dihydropyridines is 1. The van der Waals surface area contributed by atoms with Crippen LogP contribution < -0.4 is 5.32 Å². The maximum absolute atomic E-state index is 13.1. The van der Waals surface area contributed by atoms with E-state index in [1.54, 1.807) is 0 Å². The van der Waals surface area contributed by atoms with Crippen molar-refractivity contribution in [3.05, 3.63) is 57.4 Å². The van der Waals surface area contributed by atoms with Gasteiger partial charge in [-0.1, -0.05) is 57.3 Å². The van der Waals surface area contributed by atoms with Crippen molar-refractivity contribution in [2.45, 2.75) is 65.7 Å². The summed E-state index contributed by atoms with van der Waals surface area (Å²) in [6.07, 6.45) is 3.82. The molecule has 2 aliphatic rings. The van der Waals surface area contributed by atoms with Crippen molar-refractivity contribution in [3.63, 3.8) is 0 Å². The highest BCUT2D eigenvalue weighted by Crippen LogP contribution is 2.51. The number of ketones is 1. The maximum Gasteiger partial charge on any atom is 0.336 e. The smallest absolute Gasteiger partial charge is 0.336 e. The van der Waals surface area contributed by atoms with Crippen molar-refractivity contribution in [1.29, 1.82) is 0 Å². The van der Waals surface area contributed by atoms with Gasteiger partial charge in [0.1, 0.15) is 5.78 Å². The lowest BCUT2D eigenvalue weighted by atomic mass is 9.64. The van der Waals surface area contributed by atoms with Gasteiger partial charge in [0.25, 0.3) is 0 Å². The summed E-state index contributed by atoms with van der Waals surface area (Å²) in [5.74, 6) is -0.315. The van der Waals surface area contributed by atoms with E-state index in [2.05, 4.69) is 26.1 Å². The van der Waals surface area contributed by atoms with E-state index >= 15 is 0 Å². The topological polar surface area (TPSA) is 55.4 Å². The number of carbonyl (C=O) groups excluding carboxylic acids is 2. The standard InChI is InChI=1S/C24H30ClNO3/c1-5-6-7-12-29-23(28)20-15(2)26-19-13-18(27)14-24(3,4)22(19)21(20)16-8-10-17(25)11-9-16/h8-11,21,26H,5-7,12-14H2,1-4H3/t21-/m1/s1. The third-order valence-corrected chi connectivity index (χ3v) is 6.04. The van der Waals surface area contributed by atoms with E-state index in [0.29, 0.717) is 30.0 Å². The second-order valence-corrected chi connectivity index (χ2v) is 9.10. The zero-order valence-corrected chi connectivity index (χ0v) is 18.5. The quantitative estimate of drug-likeness (QED) is 0.479. The zero-order chi connectivity index (χ0) is 21.2. The molecule has 29 heavy (non-hydrogen) atoms. The van der Waals surface area contributed by atoms with Crippen LogP contribution in [0.5, 0.6) is 0 Å². The number of nitrogens with one attached hydrogen (secondary N) is 1. The average molecular weight is 416 g/mol. The Kier molecular flexibility index (Phi) is 6.52. The molecule has 0 radical (unpaired) electrons. The highest BCUT2D eigenvalue weighted by molar-refractivity contribution is 6.30. The Morgan fingerprint density at radius 2 is 1.93 bits per heavy atom. The summed E-state index contributed by atoms with van der Waals surface area (Å²) in [6.45, 7) is 8.59. The number of hydrogen-bond donors (Lipinski definition) is 1. The van der Waals surface area contributed by atoms with Crippen LogP contribution >= 0.6 is 11.6 Å². The predicted molar refractivity (Wildman–Crippen MR) is 116 cm³/mol. The van der Waals surface area contributed by atoms with Gasteiger partial charge < -0.3 is 10.1 Å². The van der Waals surface area contributed by atoms with E-state index in [1.807, 2.05) is 31.2 Å². The molecule has 3 rings (SSSR count). The molecule has 0 aromatic heterocycles. The summed E-state index contributed by atoms with van der Waals surface area (Å²) in [5.41, 5.74) is 4.05. The number of rotatable bonds is 6. The van der Waals surface area contributed by atoms with Crippen LogP contribution in [0.1, 0.15) is 71.3 Å². The minimum absolute atomic E-state index is 0.217. The molecule has 0 saturated carbocycles. The zero-order valence-electron chi connectivity index (χ0n) is 17.7. The Bertz CT molecular complexity index is 865. The number of benzene rings is 1. The van der Waals surface area contributed by atoms with Gasteiger partial charge in [0, 0.05) is 35.2 Å². The summed E-state index contributed by atoms with van der Waals surface area (Å²) >= 11 is 6.12. The molecule has 1 aliphatic carbocycles. The molecule has 1 heterocycles. The lowest BCUT2D eigenvalue weighted by Crippen LogP contribution is -2.39. The van der Waals surface area contributed by atoms with Crippen LogP contribution in [0, 0.1) is 5.41 Å². The fraction of sp³-hybridized carbons (Fsp3) is 0.500. The van der Waals surface area contributed by atoms with Gasteiger partial charge in [-0.3, -0.25) is 4.79 Å². The Morgan fingerprint density at radius 3 is 2.59 bits per heavy atom. The van der Waals surface area contributed by atoms with Crippen LogP contribution in [0.25, 0.3) is 0 Å². The molecule has 156 valence electrons. The first kappa shape index (κ1) is 21.6. The van der Waals surface area contributed by atoms with E-state index < -0.39 is 0 Å². The van der Waals surface area contributed by atoms with Crippen molar-refractivity contribution >= 4 is 23.4 Å². The molecule has 1 N–H and O–H groups in total. The van der Waals surface area contributed by atoms with Gasteiger partial charge in [-0.2, -0.15) is 0 Å². The molecule has 0 amide bonds. The molecular formula is C24H30ClNO3. The number of hydrogen-bond acceptors (Lipinski definition) is 4. The third kappa shape index (κ3) is 4.58. The monoisotopic (exact) mass is 415 g/mol. The molecule has 0 spiro atoms. The van der Waals surface area contributed by atoms with E-state index in [0.717, 1.165) is 41.8 Å². The van der Waals surface area contributed by atoms with E-state index in [4.69, 9.17) is 16.3 Å². The van der Waals surface area contributed by atoms with Crippen molar-refractivity contribution < 1.29 is 14.3 Å². The number of carbonyl (C=O) groups is 2. The van der Waals surface area contributed by atoms with Crippen LogP contribution in [0.15, 0.2) is 46.8 Å². The minimum atomic E-state index is -0.351. The largest absolute Gasteiger partial charge is 0.462 e. The Morgan fingerprint density at radius 1 is 1.24 bits per heavy atom. The van der Waals surface area contributed by atoms with Gasteiger partial charge in [-0.25, -0.2) is 4.79 Å². The van der Waals surface area contributed by atoms with Gasteiger partial charge in [0.2, 0.25) is 0 Å². The van der Waals surface area contributed by atoms with Crippen LogP contribution in [0.3, 0.4) is 0 Å². The van der Waals surface area contributed by atoms with Crippen molar-refractivity contribution in [2.75, 3.05) is 6.61 Å². The molecule has 0 fully saturated rings. The van der Waals surface area contributed by atoms with Crippen molar-refractivity contribution in [3.8, 4) is 0 Å². The van der Waals surface area contributed by atoms with E-state index in [9.17, 15) is 9.59 Å². The number of esters is 1. The number of allylic oxidation sites excluding steroid dienone is 3. The average Bonchev–Trinajstić information content (AvgIpc) is 2.63. The molecule has 1 aromatic carbocycles. The molecule has 5 heteroatoms. The lowest BCUT2D eigenvalue weighted by molar-refractivity contribution is -0.139. The van der Waals surface area contributed by atoms with Crippen LogP contribution in [0.4, 0.5) is 0 Å². The maximum atomic E-state index is 13.1. The first-order valence-electron chi connectivity index (χ1n) is 10.4.